The molecule has 0 aromatic heterocycles. The average Bonchev–Trinajstić information content (AvgIpc) is 2.82. The molecule has 0 heterocycles. The molecule has 33 heavy (non-hydrogen) atoms. The molecule has 0 amide bonds. The lowest BCUT2D eigenvalue weighted by atomic mass is 10.0. The van der Waals surface area contributed by atoms with E-state index in [0.717, 1.165) is 16.5 Å². The lowest BCUT2D eigenvalue weighted by molar-refractivity contribution is -0.384. The Bertz CT molecular complexity index is 1250. The minimum absolute atomic E-state index is 0.0104. The van der Waals surface area contributed by atoms with Gasteiger partial charge in [0.15, 0.2) is 21.3 Å². The molecule has 1 atom stereocenters. The van der Waals surface area contributed by atoms with E-state index in [1.54, 1.807) is 62.5 Å². The highest BCUT2D eigenvalue weighted by molar-refractivity contribution is 7.94. The van der Waals surface area contributed by atoms with Gasteiger partial charge in [-0.2, -0.15) is 0 Å². The molecule has 3 rings (SSSR count). The van der Waals surface area contributed by atoms with Crippen LogP contribution in [0.4, 0.5) is 5.69 Å². The molecule has 3 aromatic carbocycles. The minimum Gasteiger partial charge on any atom is -0.504 e. The van der Waals surface area contributed by atoms with Gasteiger partial charge in [0.05, 0.1) is 10.2 Å². The molecule has 2 N–H and O–H groups in total. The summed E-state index contributed by atoms with van der Waals surface area (Å²) in [6.45, 7) is 1.81. The number of phenols is 1. The van der Waals surface area contributed by atoms with Crippen LogP contribution in [0.2, 0.25) is 0 Å². The number of non-ortho nitro benzene ring substituents is 1. The molecule has 0 radical (unpaired) electrons. The normalized spacial score (nSPS) is 12.5. The lowest BCUT2D eigenvalue weighted by Crippen LogP contribution is -2.14. The predicted octanol–water partition coefficient (Wildman–Crippen LogP) is 4.67. The van der Waals surface area contributed by atoms with Gasteiger partial charge in [0, 0.05) is 17.5 Å². The van der Waals surface area contributed by atoms with Crippen molar-refractivity contribution in [1.82, 2.24) is 5.32 Å². The van der Waals surface area contributed by atoms with E-state index >= 15 is 0 Å². The van der Waals surface area contributed by atoms with Gasteiger partial charge in [-0.15, -0.1) is 0 Å². The molecule has 0 aliphatic carbocycles. The smallest absolute Gasteiger partial charge is 0.269 e. The number of nitro groups is 1. The van der Waals surface area contributed by atoms with Crippen LogP contribution in [0.1, 0.15) is 23.3 Å². The SMILES string of the molecule is CNCOc1cc(/C=C/S(=O)(=O)C(C)c2ccc(-c3ccc([N+](=O)[O-])cc3)cc2)ccc1O. The summed E-state index contributed by atoms with van der Waals surface area (Å²) < 4.78 is 31.0. The molecule has 0 spiro atoms. The number of hydrogen-bond acceptors (Lipinski definition) is 7. The molecule has 0 saturated carbocycles. The van der Waals surface area contributed by atoms with Crippen LogP contribution in [0.5, 0.6) is 11.5 Å². The van der Waals surface area contributed by atoms with Gasteiger partial charge in [-0.05, 0) is 66.6 Å². The first-order chi connectivity index (χ1) is 15.7. The van der Waals surface area contributed by atoms with Crippen LogP contribution in [-0.4, -0.2) is 32.2 Å². The molecule has 0 aliphatic rings. The third-order valence-electron chi connectivity index (χ3n) is 5.09. The van der Waals surface area contributed by atoms with Crippen molar-refractivity contribution < 1.29 is 23.2 Å². The predicted molar refractivity (Wildman–Crippen MR) is 128 cm³/mol. The zero-order valence-electron chi connectivity index (χ0n) is 18.1. The summed E-state index contributed by atoms with van der Waals surface area (Å²) in [5.74, 6) is 0.213. The van der Waals surface area contributed by atoms with E-state index < -0.39 is 20.0 Å². The van der Waals surface area contributed by atoms with E-state index in [2.05, 4.69) is 5.32 Å². The molecular formula is C24H24N2O6S. The zero-order valence-corrected chi connectivity index (χ0v) is 19.0. The first-order valence-electron chi connectivity index (χ1n) is 10.1. The Morgan fingerprint density at radius 3 is 2.24 bits per heavy atom. The summed E-state index contributed by atoms with van der Waals surface area (Å²) in [6, 6.07) is 17.8. The first kappa shape index (κ1) is 24.0. The monoisotopic (exact) mass is 468 g/mol. The Kier molecular flexibility index (Phi) is 7.47. The van der Waals surface area contributed by atoms with Crippen LogP contribution in [-0.2, 0) is 9.84 Å². The summed E-state index contributed by atoms with van der Waals surface area (Å²) in [5.41, 5.74) is 2.83. The standard InChI is InChI=1S/C24H24N2O6S/c1-17(19-4-6-20(7-5-19)21-8-10-22(11-9-21)26(28)29)33(30,31)14-13-18-3-12-23(27)24(15-18)32-16-25-2/h3-15,17,25,27H,16H2,1-2H3/b14-13+. The fraction of sp³-hybridized carbons (Fsp3) is 0.167. The molecule has 8 nitrogen and oxygen atoms in total. The molecule has 0 bridgehead atoms. The van der Waals surface area contributed by atoms with Crippen LogP contribution in [0.3, 0.4) is 0 Å². The van der Waals surface area contributed by atoms with E-state index in [9.17, 15) is 23.6 Å². The molecule has 0 saturated heterocycles. The highest BCUT2D eigenvalue weighted by Gasteiger charge is 2.20. The summed E-state index contributed by atoms with van der Waals surface area (Å²) in [7, 11) is -1.91. The molecule has 1 unspecified atom stereocenters. The number of phenolic OH excluding ortho intramolecular Hbond substituents is 1. The van der Waals surface area contributed by atoms with Crippen molar-refractivity contribution in [3.05, 3.63) is 93.4 Å². The number of rotatable bonds is 9. The summed E-state index contributed by atoms with van der Waals surface area (Å²) >= 11 is 0. The van der Waals surface area contributed by atoms with Crippen molar-refractivity contribution in [2.45, 2.75) is 12.2 Å². The summed E-state index contributed by atoms with van der Waals surface area (Å²) in [6.07, 6.45) is 1.46. The lowest BCUT2D eigenvalue weighted by Gasteiger charge is -2.12. The van der Waals surface area contributed by atoms with Crippen molar-refractivity contribution >= 4 is 21.6 Å². The fourth-order valence-corrected chi connectivity index (χ4v) is 4.22. The highest BCUT2D eigenvalue weighted by atomic mass is 32.2. The van der Waals surface area contributed by atoms with Crippen LogP contribution in [0.15, 0.2) is 72.1 Å². The van der Waals surface area contributed by atoms with Crippen molar-refractivity contribution in [2.75, 3.05) is 13.8 Å². The van der Waals surface area contributed by atoms with Gasteiger partial charge in [-0.3, -0.25) is 15.4 Å². The molecule has 3 aromatic rings. The molecule has 0 aliphatic heterocycles. The van der Waals surface area contributed by atoms with Crippen LogP contribution < -0.4 is 10.1 Å². The quantitative estimate of drug-likeness (QED) is 0.266. The van der Waals surface area contributed by atoms with Gasteiger partial charge in [0.1, 0.15) is 6.73 Å². The number of nitrogens with one attached hydrogen (secondary N) is 1. The number of sulfone groups is 1. The second-order valence-corrected chi connectivity index (χ2v) is 9.49. The Morgan fingerprint density at radius 2 is 1.67 bits per heavy atom. The first-order valence-corrected chi connectivity index (χ1v) is 11.7. The minimum atomic E-state index is -3.62. The largest absolute Gasteiger partial charge is 0.504 e. The summed E-state index contributed by atoms with van der Waals surface area (Å²) in [4.78, 5) is 10.3. The Hall–Kier alpha value is -3.69. The van der Waals surface area contributed by atoms with Crippen LogP contribution in [0, 0.1) is 10.1 Å². The maximum Gasteiger partial charge on any atom is 0.269 e. The maximum atomic E-state index is 12.8. The van der Waals surface area contributed by atoms with Gasteiger partial charge < -0.3 is 9.84 Å². The summed E-state index contributed by atoms with van der Waals surface area (Å²) in [5, 5.41) is 23.8. The van der Waals surface area contributed by atoms with Gasteiger partial charge >= 0.3 is 0 Å². The van der Waals surface area contributed by atoms with E-state index in [1.165, 1.54) is 24.3 Å². The van der Waals surface area contributed by atoms with Crippen LogP contribution >= 0.6 is 0 Å². The fourth-order valence-electron chi connectivity index (χ4n) is 3.10. The zero-order chi connectivity index (χ0) is 24.0. The third kappa shape index (κ3) is 5.97. The van der Waals surface area contributed by atoms with E-state index in [-0.39, 0.29) is 23.9 Å². The molecule has 172 valence electrons. The second-order valence-electron chi connectivity index (χ2n) is 7.33. The van der Waals surface area contributed by atoms with Gasteiger partial charge in [-0.1, -0.05) is 30.3 Å². The molecule has 0 fully saturated rings. The maximum absolute atomic E-state index is 12.8. The Morgan fingerprint density at radius 1 is 1.06 bits per heavy atom. The van der Waals surface area contributed by atoms with Crippen molar-refractivity contribution in [2.24, 2.45) is 0 Å². The van der Waals surface area contributed by atoms with Gasteiger partial charge in [-0.25, -0.2) is 8.42 Å². The number of benzene rings is 3. The van der Waals surface area contributed by atoms with E-state index in [4.69, 9.17) is 4.74 Å². The number of aromatic hydroxyl groups is 1. The number of hydrogen-bond donors (Lipinski definition) is 2. The number of nitrogens with zero attached hydrogens (tertiary/aromatic N) is 1. The van der Waals surface area contributed by atoms with Gasteiger partial charge in [0.25, 0.3) is 5.69 Å². The van der Waals surface area contributed by atoms with Crippen molar-refractivity contribution in [3.63, 3.8) is 0 Å². The molecular weight excluding hydrogens is 444 g/mol. The second kappa shape index (κ2) is 10.3. The number of ether oxygens (including phenoxy) is 1. The number of nitro benzene ring substituents is 1. The van der Waals surface area contributed by atoms with Gasteiger partial charge in [0.2, 0.25) is 0 Å². The van der Waals surface area contributed by atoms with E-state index in [1.807, 2.05) is 0 Å². The Balaban J connectivity index is 1.75. The third-order valence-corrected chi connectivity index (χ3v) is 6.86. The highest BCUT2D eigenvalue weighted by Crippen LogP contribution is 2.30. The van der Waals surface area contributed by atoms with Crippen molar-refractivity contribution in [3.8, 4) is 22.6 Å². The van der Waals surface area contributed by atoms with E-state index in [0.29, 0.717) is 11.1 Å². The van der Waals surface area contributed by atoms with Crippen molar-refractivity contribution in [1.29, 1.82) is 0 Å². The Labute approximate surface area is 192 Å². The molecule has 9 heteroatoms. The topological polar surface area (TPSA) is 119 Å². The van der Waals surface area contributed by atoms with Crippen LogP contribution in [0.25, 0.3) is 17.2 Å². The average molecular weight is 469 g/mol.